The number of hydrogen-bond acceptors (Lipinski definition) is 6. The third kappa shape index (κ3) is 3.48. The first-order chi connectivity index (χ1) is 10.2. The second kappa shape index (κ2) is 7.02. The predicted octanol–water partition coefficient (Wildman–Crippen LogP) is 3.09. The molecule has 21 heavy (non-hydrogen) atoms. The van der Waals surface area contributed by atoms with Crippen molar-refractivity contribution in [3.63, 3.8) is 0 Å². The fourth-order valence-corrected chi connectivity index (χ4v) is 2.42. The monoisotopic (exact) mass is 346 g/mol. The van der Waals surface area contributed by atoms with Crippen molar-refractivity contribution in [2.45, 2.75) is 19.8 Å². The molecule has 0 aliphatic rings. The van der Waals surface area contributed by atoms with Crippen LogP contribution in [0.4, 0.5) is 17.3 Å². The summed E-state index contributed by atoms with van der Waals surface area (Å²) in [6.45, 7) is 2.08. The molecule has 1 aromatic heterocycles. The standard InChI is InChI=1S/C14H15BrN6/c1-2-3-10-13(18-8-19-14(10)21-17)20-12-5-4-9(7-16)6-11(12)15/h4-6,8H,2-3,17H2,1H3,(H2,18,19,20,21). The minimum absolute atomic E-state index is 0.591. The lowest BCUT2D eigenvalue weighted by atomic mass is 10.1. The first-order valence-corrected chi connectivity index (χ1v) is 7.26. The van der Waals surface area contributed by atoms with E-state index < -0.39 is 0 Å². The molecular formula is C14H15BrN6. The second-order valence-electron chi connectivity index (χ2n) is 4.38. The molecule has 6 nitrogen and oxygen atoms in total. The summed E-state index contributed by atoms with van der Waals surface area (Å²) in [6.07, 6.45) is 3.20. The fraction of sp³-hybridized carbons (Fsp3) is 0.214. The van der Waals surface area contributed by atoms with Crippen LogP contribution < -0.4 is 16.6 Å². The van der Waals surface area contributed by atoms with Gasteiger partial charge in [0.1, 0.15) is 18.0 Å². The highest BCUT2D eigenvalue weighted by atomic mass is 79.9. The third-order valence-electron chi connectivity index (χ3n) is 2.93. The maximum absolute atomic E-state index is 8.89. The van der Waals surface area contributed by atoms with E-state index in [9.17, 15) is 0 Å². The summed E-state index contributed by atoms with van der Waals surface area (Å²) < 4.78 is 0.796. The van der Waals surface area contributed by atoms with Crippen LogP contribution in [-0.2, 0) is 6.42 Å². The minimum Gasteiger partial charge on any atom is -0.339 e. The number of halogens is 1. The molecule has 108 valence electrons. The number of nitrogens with zero attached hydrogens (tertiary/aromatic N) is 3. The van der Waals surface area contributed by atoms with Crippen molar-refractivity contribution in [2.75, 3.05) is 10.7 Å². The molecule has 1 heterocycles. The molecule has 2 rings (SSSR count). The second-order valence-corrected chi connectivity index (χ2v) is 5.23. The maximum atomic E-state index is 8.89. The molecule has 0 saturated carbocycles. The van der Waals surface area contributed by atoms with Gasteiger partial charge in [0.25, 0.3) is 0 Å². The molecule has 4 N–H and O–H groups in total. The van der Waals surface area contributed by atoms with Gasteiger partial charge >= 0.3 is 0 Å². The lowest BCUT2D eigenvalue weighted by Gasteiger charge is -2.14. The molecule has 0 aliphatic heterocycles. The molecule has 0 bridgehead atoms. The molecule has 1 aromatic carbocycles. The number of nitrogens with two attached hydrogens (primary N) is 1. The zero-order chi connectivity index (χ0) is 15.2. The fourth-order valence-electron chi connectivity index (χ4n) is 1.94. The van der Waals surface area contributed by atoms with E-state index in [-0.39, 0.29) is 0 Å². The van der Waals surface area contributed by atoms with E-state index >= 15 is 0 Å². The number of anilines is 3. The van der Waals surface area contributed by atoms with Crippen molar-refractivity contribution < 1.29 is 0 Å². The topological polar surface area (TPSA) is 99.7 Å². The van der Waals surface area contributed by atoms with E-state index in [1.807, 2.05) is 6.07 Å². The number of aromatic nitrogens is 2. The molecule has 0 aliphatic carbocycles. The number of rotatable bonds is 5. The summed E-state index contributed by atoms with van der Waals surface area (Å²) in [4.78, 5) is 8.41. The van der Waals surface area contributed by atoms with Crippen molar-refractivity contribution in [3.05, 3.63) is 40.1 Å². The summed E-state index contributed by atoms with van der Waals surface area (Å²) >= 11 is 3.45. The van der Waals surface area contributed by atoms with Crippen LogP contribution in [0.5, 0.6) is 0 Å². The molecule has 2 aromatic rings. The molecule has 7 heteroatoms. The number of hydrogen-bond donors (Lipinski definition) is 3. The van der Waals surface area contributed by atoms with Gasteiger partial charge in [0.15, 0.2) is 0 Å². The minimum atomic E-state index is 0.591. The molecule has 0 saturated heterocycles. The average Bonchev–Trinajstić information content (AvgIpc) is 2.51. The van der Waals surface area contributed by atoms with Gasteiger partial charge in [-0.3, -0.25) is 0 Å². The quantitative estimate of drug-likeness (QED) is 0.568. The summed E-state index contributed by atoms with van der Waals surface area (Å²) in [5.41, 5.74) is 4.94. The van der Waals surface area contributed by atoms with E-state index in [0.29, 0.717) is 17.2 Å². The van der Waals surface area contributed by atoms with Crippen molar-refractivity contribution >= 4 is 33.3 Å². The van der Waals surface area contributed by atoms with Gasteiger partial charge in [-0.25, -0.2) is 15.8 Å². The Kier molecular flexibility index (Phi) is 5.09. The number of benzene rings is 1. The number of hydrazine groups is 1. The van der Waals surface area contributed by atoms with Gasteiger partial charge in [-0.2, -0.15) is 5.26 Å². The highest BCUT2D eigenvalue weighted by molar-refractivity contribution is 9.10. The van der Waals surface area contributed by atoms with E-state index in [4.69, 9.17) is 11.1 Å². The summed E-state index contributed by atoms with van der Waals surface area (Å²) in [5, 5.41) is 12.1. The molecule has 0 unspecified atom stereocenters. The van der Waals surface area contributed by atoms with Crippen LogP contribution in [-0.4, -0.2) is 9.97 Å². The van der Waals surface area contributed by atoms with Gasteiger partial charge in [-0.1, -0.05) is 13.3 Å². The van der Waals surface area contributed by atoms with Crippen LogP contribution in [0.3, 0.4) is 0 Å². The number of nitriles is 1. The van der Waals surface area contributed by atoms with Crippen LogP contribution in [0.1, 0.15) is 24.5 Å². The van der Waals surface area contributed by atoms with Crippen molar-refractivity contribution in [1.82, 2.24) is 9.97 Å². The molecule has 0 spiro atoms. The van der Waals surface area contributed by atoms with Gasteiger partial charge in [-0.05, 0) is 40.5 Å². The SMILES string of the molecule is CCCc1c(NN)ncnc1Nc1ccc(C#N)cc1Br. The Morgan fingerprint density at radius 3 is 2.71 bits per heavy atom. The Hall–Kier alpha value is -2.17. The van der Waals surface area contributed by atoms with Crippen molar-refractivity contribution in [3.8, 4) is 6.07 Å². The third-order valence-corrected chi connectivity index (χ3v) is 3.59. The van der Waals surface area contributed by atoms with Crippen LogP contribution in [0, 0.1) is 11.3 Å². The van der Waals surface area contributed by atoms with Crippen LogP contribution in [0.2, 0.25) is 0 Å². The van der Waals surface area contributed by atoms with Gasteiger partial charge in [-0.15, -0.1) is 0 Å². The highest BCUT2D eigenvalue weighted by Gasteiger charge is 2.11. The Morgan fingerprint density at radius 1 is 1.33 bits per heavy atom. The summed E-state index contributed by atoms with van der Waals surface area (Å²) in [5.74, 6) is 6.81. The summed E-state index contributed by atoms with van der Waals surface area (Å²) in [7, 11) is 0. The molecule has 0 fully saturated rings. The van der Waals surface area contributed by atoms with Gasteiger partial charge in [0.05, 0.1) is 17.3 Å². The first-order valence-electron chi connectivity index (χ1n) is 6.46. The Labute approximate surface area is 131 Å². The number of nitrogen functional groups attached to an aromatic ring is 1. The Bertz CT molecular complexity index is 680. The van der Waals surface area contributed by atoms with Crippen LogP contribution in [0.15, 0.2) is 29.0 Å². The van der Waals surface area contributed by atoms with E-state index in [1.54, 1.807) is 12.1 Å². The maximum Gasteiger partial charge on any atom is 0.148 e. The lowest BCUT2D eigenvalue weighted by molar-refractivity contribution is 0.903. The van der Waals surface area contributed by atoms with Gasteiger partial charge < -0.3 is 10.7 Å². The average molecular weight is 347 g/mol. The van der Waals surface area contributed by atoms with Crippen molar-refractivity contribution in [1.29, 1.82) is 5.26 Å². The summed E-state index contributed by atoms with van der Waals surface area (Å²) in [6, 6.07) is 7.43. The zero-order valence-electron chi connectivity index (χ0n) is 11.5. The molecular weight excluding hydrogens is 332 g/mol. The first kappa shape index (κ1) is 15.2. The largest absolute Gasteiger partial charge is 0.339 e. The van der Waals surface area contributed by atoms with Crippen molar-refractivity contribution in [2.24, 2.45) is 5.84 Å². The lowest BCUT2D eigenvalue weighted by Crippen LogP contribution is -2.13. The van der Waals surface area contributed by atoms with E-state index in [2.05, 4.69) is 49.6 Å². The van der Waals surface area contributed by atoms with Crippen LogP contribution in [0.25, 0.3) is 0 Å². The smallest absolute Gasteiger partial charge is 0.148 e. The van der Waals surface area contributed by atoms with Gasteiger partial charge in [0, 0.05) is 10.0 Å². The van der Waals surface area contributed by atoms with Gasteiger partial charge in [0.2, 0.25) is 0 Å². The van der Waals surface area contributed by atoms with E-state index in [0.717, 1.165) is 28.6 Å². The van der Waals surface area contributed by atoms with E-state index in [1.165, 1.54) is 6.33 Å². The Balaban J connectivity index is 2.37. The molecule has 0 atom stereocenters. The van der Waals surface area contributed by atoms with Crippen LogP contribution >= 0.6 is 15.9 Å². The highest BCUT2D eigenvalue weighted by Crippen LogP contribution is 2.29. The Morgan fingerprint density at radius 2 is 2.10 bits per heavy atom. The predicted molar refractivity (Wildman–Crippen MR) is 86.0 cm³/mol. The molecule has 0 radical (unpaired) electrons. The molecule has 0 amide bonds. The normalized spacial score (nSPS) is 10.0. The zero-order valence-corrected chi connectivity index (χ0v) is 13.1. The number of nitrogens with one attached hydrogen (secondary N) is 2.